The lowest BCUT2D eigenvalue weighted by molar-refractivity contribution is 0.0951. The van der Waals surface area contributed by atoms with Crippen LogP contribution in [0, 0.1) is 0 Å². The number of anilines is 3. The number of carbonyl (C=O) groups is 1. The minimum Gasteiger partial charge on any atom is -0.493 e. The maximum absolute atomic E-state index is 13.3. The molecule has 1 aromatic carbocycles. The second kappa shape index (κ2) is 33.4. The van der Waals surface area contributed by atoms with Crippen molar-refractivity contribution in [3.8, 4) is 5.75 Å². The predicted octanol–water partition coefficient (Wildman–Crippen LogP) is 4.64. The number of hydrogen-bond donors (Lipinski definition) is 8. The van der Waals surface area contributed by atoms with E-state index in [1.165, 1.54) is 89.9 Å². The SMILES string of the molecule is CCCCCCCCCCCCCCCCCCOc1ccc2cc(C(=O)NCCNc3nc(N4CCNCCNCCNCC4)nc(N4CCNCCNCCNCC4)n3)c(=O)oc2c1. The summed E-state index contributed by atoms with van der Waals surface area (Å²) in [5.41, 5.74) is -0.339. The Morgan fingerprint density at radius 2 is 1.05 bits per heavy atom. The van der Waals surface area contributed by atoms with Gasteiger partial charge in [-0.05, 0) is 24.6 Å². The van der Waals surface area contributed by atoms with Crippen LogP contribution in [0.4, 0.5) is 17.8 Å². The summed E-state index contributed by atoms with van der Waals surface area (Å²) in [5, 5.41) is 27.8. The van der Waals surface area contributed by atoms with E-state index in [1.54, 1.807) is 12.1 Å². The van der Waals surface area contributed by atoms with Crippen molar-refractivity contribution in [1.29, 1.82) is 0 Å². The molecule has 66 heavy (non-hydrogen) atoms. The van der Waals surface area contributed by atoms with Gasteiger partial charge in [-0.2, -0.15) is 15.0 Å². The van der Waals surface area contributed by atoms with E-state index < -0.39 is 11.5 Å². The topological polar surface area (TPSA) is 198 Å². The summed E-state index contributed by atoms with van der Waals surface area (Å²) in [6.45, 7) is 16.8. The zero-order valence-electron chi connectivity index (χ0n) is 40.4. The average Bonchev–Trinajstić information content (AvgIpc) is 3.31. The number of nitrogens with zero attached hydrogens (tertiary/aromatic N) is 5. The molecule has 2 saturated heterocycles. The van der Waals surface area contributed by atoms with Gasteiger partial charge in [-0.3, -0.25) is 4.79 Å². The van der Waals surface area contributed by atoms with Gasteiger partial charge in [0.1, 0.15) is 16.9 Å². The minimum absolute atomic E-state index is 0.0457. The fourth-order valence-corrected chi connectivity index (χ4v) is 8.28. The quantitative estimate of drug-likeness (QED) is 0.0432. The first-order chi connectivity index (χ1) is 32.6. The largest absolute Gasteiger partial charge is 0.493 e. The van der Waals surface area contributed by atoms with Crippen LogP contribution in [0.25, 0.3) is 11.0 Å². The van der Waals surface area contributed by atoms with Crippen LogP contribution in [0.15, 0.2) is 33.5 Å². The summed E-state index contributed by atoms with van der Waals surface area (Å²) >= 11 is 0. The highest BCUT2D eigenvalue weighted by Gasteiger charge is 2.19. The molecule has 0 saturated carbocycles. The molecule has 0 atom stereocenters. The number of amides is 1. The third-order valence-corrected chi connectivity index (χ3v) is 12.2. The molecule has 5 rings (SSSR count). The third kappa shape index (κ3) is 21.2. The normalized spacial score (nSPS) is 16.4. The van der Waals surface area contributed by atoms with Crippen molar-refractivity contribution in [2.45, 2.75) is 110 Å². The Hall–Kier alpha value is -4.13. The molecule has 3 aromatic rings. The second-order valence-corrected chi connectivity index (χ2v) is 17.7. The van der Waals surface area contributed by atoms with Gasteiger partial charge in [0.15, 0.2) is 0 Å². The number of aromatic nitrogens is 3. The lowest BCUT2D eigenvalue weighted by Gasteiger charge is -2.28. The molecule has 2 aliphatic heterocycles. The Kier molecular flexibility index (Phi) is 26.7. The van der Waals surface area contributed by atoms with Crippen molar-refractivity contribution in [2.75, 3.05) is 140 Å². The number of benzene rings is 1. The molecule has 4 heterocycles. The van der Waals surface area contributed by atoms with Crippen molar-refractivity contribution in [3.63, 3.8) is 0 Å². The zero-order valence-corrected chi connectivity index (χ0v) is 40.4. The summed E-state index contributed by atoms with van der Waals surface area (Å²) in [6, 6.07) is 7.02. The number of unbranched alkanes of at least 4 members (excludes halogenated alkanes) is 15. The van der Waals surface area contributed by atoms with Crippen LogP contribution in [0.3, 0.4) is 0 Å². The summed E-state index contributed by atoms with van der Waals surface area (Å²) in [7, 11) is 0. The molecule has 1 amide bonds. The minimum atomic E-state index is -0.688. The fourth-order valence-electron chi connectivity index (χ4n) is 8.28. The highest BCUT2D eigenvalue weighted by atomic mass is 16.5. The van der Waals surface area contributed by atoms with E-state index in [9.17, 15) is 9.59 Å². The first-order valence-electron chi connectivity index (χ1n) is 25.8. The Morgan fingerprint density at radius 1 is 0.591 bits per heavy atom. The maximum atomic E-state index is 13.3. The van der Waals surface area contributed by atoms with Gasteiger partial charge >= 0.3 is 5.63 Å². The molecule has 17 nitrogen and oxygen atoms in total. The number of rotatable bonds is 25. The van der Waals surface area contributed by atoms with Gasteiger partial charge in [0.2, 0.25) is 17.8 Å². The van der Waals surface area contributed by atoms with Crippen molar-refractivity contribution in [3.05, 3.63) is 40.2 Å². The van der Waals surface area contributed by atoms with Gasteiger partial charge in [0, 0.05) is 129 Å². The van der Waals surface area contributed by atoms with E-state index in [-0.39, 0.29) is 12.1 Å². The van der Waals surface area contributed by atoms with Crippen LogP contribution in [-0.4, -0.2) is 145 Å². The standard InChI is InChI=1S/C49H85N13O4/c1-2-3-4-5-6-7-8-9-10-11-12-13-14-15-16-17-38-65-42-19-18-41-39-43(46(64)66-44(41)40-42)45(63)56-28-29-57-47-58-48(61-34-30-52-24-20-50-21-25-53-31-35-61)60-49(59-47)62-36-32-54-26-22-51-23-27-55-33-37-62/h18-19,39-40,50-55H,2-17,20-38H2,1H3,(H,56,63)(H,57,58,59,60). The molecule has 370 valence electrons. The molecule has 0 radical (unpaired) electrons. The Labute approximate surface area is 394 Å². The molecule has 0 bridgehead atoms. The van der Waals surface area contributed by atoms with Crippen LogP contribution in [0.5, 0.6) is 5.75 Å². The van der Waals surface area contributed by atoms with Crippen LogP contribution >= 0.6 is 0 Å². The average molecular weight is 920 g/mol. The summed E-state index contributed by atoms with van der Waals surface area (Å²) in [5.74, 6) is 1.78. The Morgan fingerprint density at radius 3 is 1.53 bits per heavy atom. The van der Waals surface area contributed by atoms with Gasteiger partial charge in [0.05, 0.1) is 6.61 Å². The molecular formula is C49H85N13O4. The number of hydrogen-bond acceptors (Lipinski definition) is 16. The lowest BCUT2D eigenvalue weighted by atomic mass is 10.0. The molecule has 2 aromatic heterocycles. The molecular weight excluding hydrogens is 835 g/mol. The van der Waals surface area contributed by atoms with E-state index >= 15 is 0 Å². The van der Waals surface area contributed by atoms with Crippen LogP contribution in [0.1, 0.15) is 120 Å². The van der Waals surface area contributed by atoms with Crippen LogP contribution < -0.4 is 62.7 Å². The highest BCUT2D eigenvalue weighted by molar-refractivity contribution is 5.96. The van der Waals surface area contributed by atoms with E-state index in [0.29, 0.717) is 47.7 Å². The number of ether oxygens (including phenoxy) is 1. The van der Waals surface area contributed by atoms with E-state index in [2.05, 4.69) is 59.3 Å². The van der Waals surface area contributed by atoms with Gasteiger partial charge < -0.3 is 61.5 Å². The van der Waals surface area contributed by atoms with Gasteiger partial charge in [-0.25, -0.2) is 4.79 Å². The van der Waals surface area contributed by atoms with Crippen molar-refractivity contribution in [2.24, 2.45) is 0 Å². The second-order valence-electron chi connectivity index (χ2n) is 17.7. The smallest absolute Gasteiger partial charge is 0.349 e. The maximum Gasteiger partial charge on any atom is 0.349 e. The molecule has 17 heteroatoms. The number of carbonyl (C=O) groups excluding carboxylic acids is 1. The summed E-state index contributed by atoms with van der Waals surface area (Å²) in [6.07, 6.45) is 21.3. The van der Waals surface area contributed by atoms with E-state index in [0.717, 1.165) is 118 Å². The Bertz CT molecular complexity index is 1740. The van der Waals surface area contributed by atoms with Crippen molar-refractivity contribution >= 4 is 34.7 Å². The van der Waals surface area contributed by atoms with E-state index in [4.69, 9.17) is 24.1 Å². The van der Waals surface area contributed by atoms with Crippen molar-refractivity contribution in [1.82, 2.24) is 52.2 Å². The monoisotopic (exact) mass is 920 g/mol. The molecule has 0 unspecified atom stereocenters. The van der Waals surface area contributed by atoms with Gasteiger partial charge in [-0.15, -0.1) is 0 Å². The molecule has 2 fully saturated rings. The van der Waals surface area contributed by atoms with Gasteiger partial charge in [-0.1, -0.05) is 103 Å². The third-order valence-electron chi connectivity index (χ3n) is 12.2. The zero-order chi connectivity index (χ0) is 46.1. The lowest BCUT2D eigenvalue weighted by Crippen LogP contribution is -2.43. The molecule has 8 N–H and O–H groups in total. The van der Waals surface area contributed by atoms with Crippen molar-refractivity contribution < 1.29 is 13.9 Å². The molecule has 2 aliphatic rings. The summed E-state index contributed by atoms with van der Waals surface area (Å²) < 4.78 is 11.6. The molecule has 0 spiro atoms. The highest BCUT2D eigenvalue weighted by Crippen LogP contribution is 2.22. The molecule has 0 aliphatic carbocycles. The first kappa shape index (κ1) is 52.8. The van der Waals surface area contributed by atoms with Crippen LogP contribution in [0.2, 0.25) is 0 Å². The number of nitrogens with one attached hydrogen (secondary N) is 8. The first-order valence-corrected chi connectivity index (χ1v) is 25.8. The predicted molar refractivity (Wildman–Crippen MR) is 270 cm³/mol. The number of fused-ring (bicyclic) bond motifs is 1. The van der Waals surface area contributed by atoms with E-state index in [1.807, 2.05) is 12.1 Å². The van der Waals surface area contributed by atoms with Crippen LogP contribution in [-0.2, 0) is 0 Å². The summed E-state index contributed by atoms with van der Waals surface area (Å²) in [4.78, 5) is 45.5. The van der Waals surface area contributed by atoms with Gasteiger partial charge in [0.25, 0.3) is 5.91 Å². The fraction of sp³-hybridized carbons (Fsp3) is 0.735. The Balaban J connectivity index is 1.07.